The van der Waals surface area contributed by atoms with Crippen LogP contribution >= 0.6 is 0 Å². The van der Waals surface area contributed by atoms with Gasteiger partial charge in [-0.3, -0.25) is 4.79 Å². The van der Waals surface area contributed by atoms with Gasteiger partial charge >= 0.3 is 0 Å². The fourth-order valence-electron chi connectivity index (χ4n) is 1.51. The van der Waals surface area contributed by atoms with E-state index in [0.29, 0.717) is 12.5 Å². The Morgan fingerprint density at radius 2 is 2.42 bits per heavy atom. The van der Waals surface area contributed by atoms with Crippen molar-refractivity contribution in [3.05, 3.63) is 12.3 Å². The minimum atomic E-state index is 0.272. The van der Waals surface area contributed by atoms with Crippen LogP contribution in [0.2, 0.25) is 0 Å². The summed E-state index contributed by atoms with van der Waals surface area (Å²) in [6.07, 6.45) is 7.84. The minimum Gasteiger partial charge on any atom is -0.377 e. The smallest absolute Gasteiger partial charge is 0.159 e. The predicted octanol–water partition coefficient (Wildman–Crippen LogP) is 1.96. The lowest BCUT2D eigenvalue weighted by atomic mass is 10.0. The summed E-state index contributed by atoms with van der Waals surface area (Å²) in [5, 5.41) is 0. The molecule has 0 fully saturated rings. The molecule has 0 aliphatic carbocycles. The highest BCUT2D eigenvalue weighted by Gasteiger charge is 2.18. The highest BCUT2D eigenvalue weighted by Crippen LogP contribution is 2.15. The molecule has 1 aliphatic rings. The molecule has 1 unspecified atom stereocenters. The molecule has 0 spiro atoms. The Hall–Kier alpha value is -0.790. The van der Waals surface area contributed by atoms with Gasteiger partial charge in [-0.05, 0) is 12.5 Å². The average molecular weight is 167 g/mol. The van der Waals surface area contributed by atoms with Crippen molar-refractivity contribution < 1.29 is 4.79 Å². The summed E-state index contributed by atoms with van der Waals surface area (Å²) in [5.41, 5.74) is 0. The molecule has 0 radical (unpaired) electrons. The van der Waals surface area contributed by atoms with Crippen molar-refractivity contribution in [1.82, 2.24) is 4.90 Å². The maximum absolute atomic E-state index is 11.1. The molecule has 0 amide bonds. The molecule has 0 saturated carbocycles. The molecular weight excluding hydrogens is 150 g/mol. The molecule has 0 bridgehead atoms. The number of unbranched alkanes of at least 4 members (excludes halogenated alkanes) is 1. The van der Waals surface area contributed by atoms with Crippen molar-refractivity contribution in [1.29, 1.82) is 0 Å². The molecule has 0 saturated heterocycles. The van der Waals surface area contributed by atoms with Gasteiger partial charge in [0.2, 0.25) is 0 Å². The fourth-order valence-corrected chi connectivity index (χ4v) is 1.51. The number of hydrogen-bond donors (Lipinski definition) is 0. The van der Waals surface area contributed by atoms with Gasteiger partial charge in [-0.25, -0.2) is 0 Å². The summed E-state index contributed by atoms with van der Waals surface area (Å²) in [6.45, 7) is 2.18. The summed E-state index contributed by atoms with van der Waals surface area (Å²) in [7, 11) is 2.04. The minimum absolute atomic E-state index is 0.272. The third-order valence-corrected chi connectivity index (χ3v) is 2.40. The number of carbonyl (C=O) groups is 1. The Morgan fingerprint density at radius 3 is 3.08 bits per heavy atom. The maximum Gasteiger partial charge on any atom is 0.159 e. The van der Waals surface area contributed by atoms with Gasteiger partial charge in [0, 0.05) is 25.7 Å². The summed E-state index contributed by atoms with van der Waals surface area (Å²) in [6, 6.07) is 0.447. The molecule has 1 aliphatic heterocycles. The molecule has 1 rings (SSSR count). The van der Waals surface area contributed by atoms with Gasteiger partial charge in [-0.1, -0.05) is 19.8 Å². The lowest BCUT2D eigenvalue weighted by molar-refractivity contribution is -0.116. The number of nitrogens with zero attached hydrogens (tertiary/aromatic N) is 1. The second-order valence-corrected chi connectivity index (χ2v) is 3.45. The van der Waals surface area contributed by atoms with Crippen molar-refractivity contribution in [2.24, 2.45) is 0 Å². The van der Waals surface area contributed by atoms with Gasteiger partial charge in [-0.15, -0.1) is 0 Å². The zero-order valence-electron chi connectivity index (χ0n) is 7.92. The number of rotatable bonds is 3. The zero-order valence-corrected chi connectivity index (χ0v) is 7.92. The van der Waals surface area contributed by atoms with Crippen molar-refractivity contribution >= 4 is 5.78 Å². The Labute approximate surface area is 74.2 Å². The molecule has 1 atom stereocenters. The number of hydrogen-bond acceptors (Lipinski definition) is 2. The third kappa shape index (κ3) is 2.36. The molecule has 1 heterocycles. The Kier molecular flexibility index (Phi) is 3.32. The first-order chi connectivity index (χ1) is 5.74. The van der Waals surface area contributed by atoms with Crippen LogP contribution in [0.4, 0.5) is 0 Å². The zero-order chi connectivity index (χ0) is 8.97. The van der Waals surface area contributed by atoms with Crippen LogP contribution in [0.5, 0.6) is 0 Å². The number of carbonyl (C=O) groups excluding carboxylic acids is 1. The highest BCUT2D eigenvalue weighted by molar-refractivity contribution is 5.90. The van der Waals surface area contributed by atoms with E-state index in [-0.39, 0.29) is 5.78 Å². The Bertz CT molecular complexity index is 186. The van der Waals surface area contributed by atoms with Crippen LogP contribution in [0.3, 0.4) is 0 Å². The summed E-state index contributed by atoms with van der Waals surface area (Å²) >= 11 is 0. The second-order valence-electron chi connectivity index (χ2n) is 3.45. The SMILES string of the molecule is CCCCC1CC(=O)C=CN1C. The lowest BCUT2D eigenvalue weighted by Gasteiger charge is -2.28. The molecule has 0 aromatic rings. The average Bonchev–Trinajstić information content (AvgIpc) is 2.07. The fraction of sp³-hybridized carbons (Fsp3) is 0.700. The van der Waals surface area contributed by atoms with E-state index < -0.39 is 0 Å². The van der Waals surface area contributed by atoms with Gasteiger partial charge in [-0.2, -0.15) is 0 Å². The number of ketones is 1. The van der Waals surface area contributed by atoms with Crippen LogP contribution in [0.15, 0.2) is 12.3 Å². The van der Waals surface area contributed by atoms with Crippen LogP contribution in [-0.2, 0) is 4.79 Å². The van der Waals surface area contributed by atoms with E-state index in [0.717, 1.165) is 6.42 Å². The highest BCUT2D eigenvalue weighted by atomic mass is 16.1. The van der Waals surface area contributed by atoms with Crippen LogP contribution in [0.25, 0.3) is 0 Å². The Balaban J connectivity index is 2.42. The molecule has 0 aromatic heterocycles. The van der Waals surface area contributed by atoms with Gasteiger partial charge in [0.05, 0.1) is 0 Å². The topological polar surface area (TPSA) is 20.3 Å². The summed E-state index contributed by atoms with van der Waals surface area (Å²) < 4.78 is 0. The first-order valence-electron chi connectivity index (χ1n) is 4.67. The molecule has 0 aromatic carbocycles. The molecule has 2 nitrogen and oxygen atoms in total. The van der Waals surface area contributed by atoms with Gasteiger partial charge < -0.3 is 4.90 Å². The molecule has 12 heavy (non-hydrogen) atoms. The summed E-state index contributed by atoms with van der Waals surface area (Å²) in [5.74, 6) is 0.272. The first-order valence-corrected chi connectivity index (χ1v) is 4.67. The van der Waals surface area contributed by atoms with Crippen molar-refractivity contribution in [3.63, 3.8) is 0 Å². The molecule has 2 heteroatoms. The van der Waals surface area contributed by atoms with Gasteiger partial charge in [0.1, 0.15) is 0 Å². The van der Waals surface area contributed by atoms with Gasteiger partial charge in [0.25, 0.3) is 0 Å². The largest absolute Gasteiger partial charge is 0.377 e. The van der Waals surface area contributed by atoms with Crippen LogP contribution < -0.4 is 0 Å². The quantitative estimate of drug-likeness (QED) is 0.640. The second kappa shape index (κ2) is 4.29. The summed E-state index contributed by atoms with van der Waals surface area (Å²) in [4.78, 5) is 13.2. The van der Waals surface area contributed by atoms with Crippen LogP contribution in [0, 0.1) is 0 Å². The normalized spacial score (nSPS) is 23.3. The van der Waals surface area contributed by atoms with Gasteiger partial charge in [0.15, 0.2) is 5.78 Å². The molecule has 68 valence electrons. The van der Waals surface area contributed by atoms with Crippen molar-refractivity contribution in [3.8, 4) is 0 Å². The van der Waals surface area contributed by atoms with E-state index >= 15 is 0 Å². The standard InChI is InChI=1S/C10H17NO/c1-3-4-5-9-8-10(12)6-7-11(9)2/h6-7,9H,3-5,8H2,1-2H3. The Morgan fingerprint density at radius 1 is 1.67 bits per heavy atom. The van der Waals surface area contributed by atoms with Crippen LogP contribution in [-0.4, -0.2) is 23.8 Å². The van der Waals surface area contributed by atoms with Crippen molar-refractivity contribution in [2.45, 2.75) is 38.6 Å². The maximum atomic E-state index is 11.1. The van der Waals surface area contributed by atoms with E-state index in [2.05, 4.69) is 11.8 Å². The monoisotopic (exact) mass is 167 g/mol. The van der Waals surface area contributed by atoms with E-state index in [1.165, 1.54) is 12.8 Å². The molecule has 0 N–H and O–H groups in total. The van der Waals surface area contributed by atoms with E-state index in [4.69, 9.17) is 0 Å². The number of allylic oxidation sites excluding steroid dienone is 1. The first kappa shape index (κ1) is 9.30. The third-order valence-electron chi connectivity index (χ3n) is 2.40. The van der Waals surface area contributed by atoms with E-state index in [1.54, 1.807) is 6.08 Å². The lowest BCUT2D eigenvalue weighted by Crippen LogP contribution is -2.32. The van der Waals surface area contributed by atoms with Crippen molar-refractivity contribution in [2.75, 3.05) is 7.05 Å². The predicted molar refractivity (Wildman–Crippen MR) is 49.8 cm³/mol. The molecular formula is C10H17NO. The van der Waals surface area contributed by atoms with Crippen LogP contribution in [0.1, 0.15) is 32.6 Å². The van der Waals surface area contributed by atoms with E-state index in [9.17, 15) is 4.79 Å². The van der Waals surface area contributed by atoms with E-state index in [1.807, 2.05) is 13.2 Å².